The Hall–Kier alpha value is -15.0. The molecular weight excluding hydrogens is 1990 g/mol. The van der Waals surface area contributed by atoms with E-state index in [2.05, 4.69) is 107 Å². The van der Waals surface area contributed by atoms with Gasteiger partial charge in [-0.15, -0.1) is 34.0 Å². The summed E-state index contributed by atoms with van der Waals surface area (Å²) >= 11 is 6.42. The van der Waals surface area contributed by atoms with Crippen LogP contribution < -0.4 is 29.4 Å². The molecule has 21 rings (SSSR count). The Morgan fingerprint density at radius 3 is 1.23 bits per heavy atom. The summed E-state index contributed by atoms with van der Waals surface area (Å²) in [5, 5.41) is 55.4. The van der Waals surface area contributed by atoms with Crippen molar-refractivity contribution in [3.63, 3.8) is 0 Å². The lowest BCUT2D eigenvalue weighted by molar-refractivity contribution is 0.0686. The van der Waals surface area contributed by atoms with E-state index in [1.165, 1.54) is 90.1 Å². The van der Waals surface area contributed by atoms with Crippen LogP contribution in [0.5, 0.6) is 0 Å². The zero-order valence-corrected chi connectivity index (χ0v) is 84.9. The number of furan rings is 1. The highest BCUT2D eigenvalue weighted by molar-refractivity contribution is 7.22. The first-order chi connectivity index (χ1) is 69.4. The molecule has 13 aromatic heterocycles. The molecule has 35 nitrogen and oxygen atoms in total. The Kier molecular flexibility index (Phi) is 31.5. The summed E-state index contributed by atoms with van der Waals surface area (Å²) in [6.45, 7) is 21.1. The Bertz CT molecular complexity index is 7690. The van der Waals surface area contributed by atoms with Crippen LogP contribution in [-0.2, 0) is 4.74 Å². The van der Waals surface area contributed by atoms with Gasteiger partial charge in [0, 0.05) is 106 Å². The number of thiazole rings is 3. The van der Waals surface area contributed by atoms with Gasteiger partial charge in [-0.3, -0.25) is 0 Å². The fraction of sp³-hybridized carbons (Fsp3) is 0.290. The van der Waals surface area contributed by atoms with Crippen molar-refractivity contribution in [1.82, 2.24) is 74.8 Å². The average Bonchev–Trinajstić information content (AvgIpc) is 1.61. The largest absolute Gasteiger partial charge is 0.477 e. The quantitative estimate of drug-likeness (QED) is 0.0343. The first kappa shape index (κ1) is 103. The van der Waals surface area contributed by atoms with E-state index in [-0.39, 0.29) is 77.3 Å². The van der Waals surface area contributed by atoms with Gasteiger partial charge in [-0.2, -0.15) is 0 Å². The molecule has 2 saturated heterocycles. The number of halogens is 4. The van der Waals surface area contributed by atoms with Crippen molar-refractivity contribution in [1.29, 1.82) is 0 Å². The van der Waals surface area contributed by atoms with Crippen LogP contribution in [0.15, 0.2) is 150 Å². The van der Waals surface area contributed by atoms with Crippen molar-refractivity contribution in [2.24, 2.45) is 0 Å². The molecule has 18 aromatic rings. The van der Waals surface area contributed by atoms with Gasteiger partial charge in [0.25, 0.3) is 0 Å². The average molecular weight is 2080 g/mol. The topological polar surface area (TPSA) is 459 Å². The summed E-state index contributed by atoms with van der Waals surface area (Å²) in [6, 6.07) is 38.9. The molecule has 0 amide bonds. The number of nitrogens with zero attached hydrogens (tertiary/aromatic N) is 21. The standard InChI is InChI=1S/C19H13FN4O2S.C19H16FN3O3S.C16H13FN4O2S.C16H15FN4O2S.C16H21N3O2S.C14H17N3O3S/c1-24(13-5-3-2-4-6-13)16-14(11-7-9-12(20)10-8-11)21-15-17(23-16)27-18(22-15)19(25)26;1-9(2)23(3)17-16(14-7-10-6-11(20)4-5-13(10)26-14)21-12-8-15(19(24)25)27-18(12)22-17;17-10-5-3-9(4-6-10)11-13(21-7-1-2-8-21)20-14-12(18-11)19-15(24-14)16(22)23;1-8(2)21(3)13-11(9-4-6-10(17)7-5-9)18-12-14(20-13)24-15(19-12)16(22)23;1-9(2)19(3)14-13(10-6-4-5-7-10)17-11-8-12(16(20)21)22-15(11)18-14;1-8(2)11-12(17-3-5-20-6-4-17)16-13-9(15-11)7-10(21-13)14(18)19/h2-10H,1H3,(H,25,26);4-9H,1-3H3,(H,24,25);3-6H,1-2,7-8H2,(H,22,23);4-8H,1-3H3,(H,22,23);8-10H,4-7H2,1-3H3,(H,20,21);7-8H,3-6H2,1-2H3,(H,18,19). The molecular formula is C100H95F4N21O14S6. The lowest BCUT2D eigenvalue weighted by atomic mass is 10.0. The van der Waals surface area contributed by atoms with Crippen molar-refractivity contribution in [2.75, 3.05) is 97.0 Å². The third kappa shape index (κ3) is 23.4. The van der Waals surface area contributed by atoms with Gasteiger partial charge >= 0.3 is 35.8 Å². The smallest absolute Gasteiger partial charge is 0.365 e. The van der Waals surface area contributed by atoms with E-state index in [4.69, 9.17) is 34.4 Å². The number of benzene rings is 5. The molecule has 0 unspecified atom stereocenters. The number of fused-ring (bicyclic) bond motifs is 7. The van der Waals surface area contributed by atoms with Crippen LogP contribution in [0.2, 0.25) is 0 Å². The summed E-state index contributed by atoms with van der Waals surface area (Å²) in [7, 11) is 7.65. The van der Waals surface area contributed by atoms with Gasteiger partial charge in [-0.25, -0.2) is 121 Å². The number of rotatable bonds is 22. The number of para-hydroxylation sites is 1. The maximum absolute atomic E-state index is 13.5. The van der Waals surface area contributed by atoms with E-state index < -0.39 is 35.8 Å². The fourth-order valence-corrected chi connectivity index (χ4v) is 20.2. The molecule has 0 bridgehead atoms. The molecule has 1 aliphatic carbocycles. The van der Waals surface area contributed by atoms with E-state index in [1.807, 2.05) is 101 Å². The monoisotopic (exact) mass is 2080 g/mol. The molecule has 0 spiro atoms. The zero-order valence-electron chi connectivity index (χ0n) is 80.0. The van der Waals surface area contributed by atoms with E-state index in [1.54, 1.807) is 60.7 Å². The number of ether oxygens (including phenoxy) is 1. The second-order valence-electron chi connectivity index (χ2n) is 34.9. The maximum Gasteiger partial charge on any atom is 0.365 e. The second-order valence-corrected chi connectivity index (χ2v) is 40.9. The molecule has 45 heteroatoms. The van der Waals surface area contributed by atoms with Crippen molar-refractivity contribution in [3.8, 4) is 45.2 Å². The number of hydrogen-bond donors (Lipinski definition) is 6. The molecule has 3 fully saturated rings. The fourth-order valence-electron chi connectivity index (χ4n) is 15.6. The number of carboxylic acid groups (broad SMARTS) is 6. The van der Waals surface area contributed by atoms with Crippen LogP contribution in [0, 0.1) is 23.3 Å². The van der Waals surface area contributed by atoms with Gasteiger partial charge in [0.2, 0.25) is 15.0 Å². The number of thiophene rings is 3. The maximum atomic E-state index is 13.5. The molecule has 0 radical (unpaired) electrons. The number of aromatic nitrogens is 15. The molecule has 3 aliphatic rings. The van der Waals surface area contributed by atoms with Gasteiger partial charge in [0.15, 0.2) is 72.1 Å². The number of carbonyl (C=O) groups is 6. The number of carboxylic acids is 6. The van der Waals surface area contributed by atoms with Crippen molar-refractivity contribution >= 4 is 218 Å². The highest BCUT2D eigenvalue weighted by Gasteiger charge is 2.32. The minimum Gasteiger partial charge on any atom is -0.477 e. The van der Waals surface area contributed by atoms with Crippen molar-refractivity contribution in [3.05, 3.63) is 210 Å². The van der Waals surface area contributed by atoms with Gasteiger partial charge in [0.1, 0.15) is 97.3 Å². The van der Waals surface area contributed by atoms with Gasteiger partial charge in [-0.1, -0.05) is 78.9 Å². The first-order valence-corrected chi connectivity index (χ1v) is 50.7. The summed E-state index contributed by atoms with van der Waals surface area (Å²) in [4.78, 5) is 151. The second kappa shape index (κ2) is 44.5. The number of hydrogen-bond acceptors (Lipinski definition) is 35. The molecule has 0 atom stereocenters. The molecule has 2 aliphatic heterocycles. The normalized spacial score (nSPS) is 13.1. The third-order valence-corrected chi connectivity index (χ3v) is 29.6. The van der Waals surface area contributed by atoms with Crippen LogP contribution in [0.3, 0.4) is 0 Å². The van der Waals surface area contributed by atoms with Crippen molar-refractivity contribution in [2.45, 2.75) is 124 Å². The molecule has 748 valence electrons. The predicted octanol–water partition coefficient (Wildman–Crippen LogP) is 22.0. The Balaban J connectivity index is 0.000000125. The number of aromatic carboxylic acids is 6. The lowest BCUT2D eigenvalue weighted by Gasteiger charge is -2.29. The third-order valence-electron chi connectivity index (χ3n) is 23.8. The van der Waals surface area contributed by atoms with Gasteiger partial charge in [0.05, 0.1) is 24.6 Å². The summed E-state index contributed by atoms with van der Waals surface area (Å²) < 4.78 is 64.6. The minimum absolute atomic E-state index is 0.0337. The highest BCUT2D eigenvalue weighted by Crippen LogP contribution is 2.44. The van der Waals surface area contributed by atoms with E-state index >= 15 is 0 Å². The first-order valence-electron chi connectivity index (χ1n) is 45.8. The Morgan fingerprint density at radius 1 is 0.372 bits per heavy atom. The SMILES string of the molecule is CC(C)N(C)c1nc2sc(C(=O)O)cc2nc1-c1cc2cc(F)ccc2o1.CC(C)N(C)c1nc2sc(C(=O)O)cc2nc1C1CCCC1.CC(C)N(C)c1nc2sc(C(=O)O)nc2nc1-c1ccc(F)cc1.CC(C)c1nc2cc(C(=O)O)sc2nc1N1CCOCC1.CN(c1ccccc1)c1nc2sc(C(=O)O)nc2nc1-c1ccc(F)cc1.O=C(O)c1nc2nc(-c3ccc(F)cc3)c(N3CCCC3)nc2s1. The molecule has 5 aromatic carbocycles. The van der Waals surface area contributed by atoms with E-state index in [9.17, 15) is 61.6 Å². The summed E-state index contributed by atoms with van der Waals surface area (Å²) in [6.07, 6.45) is 6.92. The lowest BCUT2D eigenvalue weighted by Crippen LogP contribution is -2.37. The van der Waals surface area contributed by atoms with Crippen LogP contribution in [0.4, 0.5) is 58.2 Å². The predicted molar refractivity (Wildman–Crippen MR) is 556 cm³/mol. The zero-order chi connectivity index (χ0) is 103. The van der Waals surface area contributed by atoms with E-state index in [0.717, 1.165) is 131 Å². The van der Waals surface area contributed by atoms with Gasteiger partial charge < -0.3 is 69.2 Å². The van der Waals surface area contributed by atoms with Crippen LogP contribution >= 0.6 is 68.0 Å². The number of morpholine rings is 1. The van der Waals surface area contributed by atoms with Crippen LogP contribution in [0.25, 0.3) is 119 Å². The molecule has 1 saturated carbocycles. The molecule has 145 heavy (non-hydrogen) atoms. The summed E-state index contributed by atoms with van der Waals surface area (Å²) in [5.41, 5.74) is 10.3. The van der Waals surface area contributed by atoms with Crippen LogP contribution in [0.1, 0.15) is 176 Å². The van der Waals surface area contributed by atoms with Gasteiger partial charge in [-0.05, 0) is 201 Å². The Labute approximate surface area is 849 Å². The minimum atomic E-state index is -1.12. The molecule has 6 N–H and O–H groups in total. The summed E-state index contributed by atoms with van der Waals surface area (Å²) in [5.74, 6) is -2.23. The molecule has 15 heterocycles. The van der Waals surface area contributed by atoms with Crippen LogP contribution in [-0.4, -0.2) is 227 Å². The van der Waals surface area contributed by atoms with E-state index in [0.29, 0.717) is 155 Å². The Morgan fingerprint density at radius 2 is 0.766 bits per heavy atom. The van der Waals surface area contributed by atoms with Crippen molar-refractivity contribution < 1.29 is 86.1 Å². The highest BCUT2D eigenvalue weighted by atomic mass is 32.1. The number of anilines is 7.